The normalized spacial score (nSPS) is 27.9. The minimum atomic E-state index is -1.97. The van der Waals surface area contributed by atoms with Crippen LogP contribution in [0.3, 0.4) is 0 Å². The predicted octanol–water partition coefficient (Wildman–Crippen LogP) is 10.3. The first kappa shape index (κ1) is 56.5. The van der Waals surface area contributed by atoms with Crippen LogP contribution < -0.4 is 20.9 Å². The Balaban J connectivity index is 0.695. The summed E-state index contributed by atoms with van der Waals surface area (Å²) in [7, 11) is 0. The number of benzene rings is 3. The average molecular weight is 1230 g/mol. The van der Waals surface area contributed by atoms with Crippen LogP contribution in [0, 0.1) is 30.1 Å². The second kappa shape index (κ2) is 22.8. The van der Waals surface area contributed by atoms with Gasteiger partial charge in [-0.1, -0.05) is 43.2 Å². The van der Waals surface area contributed by atoms with E-state index in [9.17, 15) is 19.5 Å². The van der Waals surface area contributed by atoms with Crippen LogP contribution in [-0.2, 0) is 23.9 Å². The number of thiazole rings is 1. The number of β-amino-alcohol motifs (C(OH)–C–C–N with tert-alkyl or cyclic N) is 1. The van der Waals surface area contributed by atoms with E-state index in [1.165, 1.54) is 10.5 Å². The molecule has 6 saturated carbocycles. The van der Waals surface area contributed by atoms with Crippen molar-refractivity contribution in [2.24, 2.45) is 23.2 Å². The topological polar surface area (TPSA) is 182 Å². The van der Waals surface area contributed by atoms with Crippen LogP contribution in [0.2, 0.25) is 0 Å². The molecule has 9 aliphatic rings. The van der Waals surface area contributed by atoms with Crippen molar-refractivity contribution in [2.75, 3.05) is 46.0 Å². The molecule has 16 nitrogen and oxygen atoms in total. The number of amides is 3. The Morgan fingerprint density at radius 2 is 1.65 bits per heavy atom. The summed E-state index contributed by atoms with van der Waals surface area (Å²) in [4.78, 5) is 71.7. The zero-order valence-electron chi connectivity index (χ0n) is 48.2. The monoisotopic (exact) mass is 1230 g/mol. The zero-order valence-corrected chi connectivity index (χ0v) is 50.6. The molecule has 84 heavy (non-hydrogen) atoms. The second-order valence-corrected chi connectivity index (χ2v) is 28.2. The Kier molecular flexibility index (Phi) is 15.3. The molecule has 3 aromatic heterocycles. The van der Waals surface area contributed by atoms with Gasteiger partial charge in [-0.25, -0.2) is 9.37 Å². The molecule has 6 aliphatic carbocycles. The van der Waals surface area contributed by atoms with Crippen molar-refractivity contribution in [3.05, 3.63) is 91.8 Å². The molecule has 6 atom stereocenters. The van der Waals surface area contributed by atoms with Gasteiger partial charge in [0.2, 0.25) is 17.6 Å². The molecule has 0 unspecified atom stereocenters. The Bertz CT molecular complexity index is 3510. The number of aromatic nitrogens is 4. The zero-order chi connectivity index (χ0) is 57.6. The number of carbonyl (C=O) groups excluding carboxylic acids is 3. The highest BCUT2D eigenvalue weighted by Gasteiger charge is 2.60. The van der Waals surface area contributed by atoms with Gasteiger partial charge < -0.3 is 44.3 Å². The fourth-order valence-corrected chi connectivity index (χ4v) is 18.0. The molecule has 446 valence electrons. The Morgan fingerprint density at radius 3 is 2.33 bits per heavy atom. The maximum absolute atomic E-state index is 15.5. The molecule has 3 aliphatic heterocycles. The van der Waals surface area contributed by atoms with Crippen LogP contribution in [0.1, 0.15) is 151 Å². The van der Waals surface area contributed by atoms with Crippen molar-refractivity contribution >= 4 is 72.7 Å². The second-order valence-electron chi connectivity index (χ2n) is 26.5. The standard InChI is InChI=1S/C65H78BrFN8O8S/c1-37(32-72-20-16-42(17-21-72)48-27-52-53(28-55(48)83-34-47-9-6-22-81-47)75-51-11-5-10-49(66)56(51)60(78)71-63(75)74(52)45-7-3-4-8-45)82-35-50(43-12-14-44(15-13-43)57-38(2)68-36-84-57)69-59(77)54-26-46(76)33-73(54)61(79)58(70-62(80)65(67)18-19-65)64-29-39-23-40(30-64)25-41(24-39)31-64/h5,10-15,27-28,36-37,39-42,45-47,50,54,58,76H,3-4,6-9,16-26,29-35H2,1-2H3,(H,69,77)(H,70,80)/t37-,39?,40?,41?,46-,47+,50+,54+,58-,64?/m1/s1. The third-order valence-corrected chi connectivity index (χ3v) is 22.4. The maximum atomic E-state index is 15.5. The summed E-state index contributed by atoms with van der Waals surface area (Å²) in [5, 5.41) is 18.1. The highest BCUT2D eigenvalue weighted by atomic mass is 79.9. The number of imidazole rings is 1. The van der Waals surface area contributed by atoms with Gasteiger partial charge in [0.25, 0.3) is 11.5 Å². The number of nitrogens with zero attached hydrogens (tertiary/aromatic N) is 6. The molecule has 3 amide bonds. The number of ether oxygens (including phenoxy) is 3. The van der Waals surface area contributed by atoms with E-state index in [2.05, 4.69) is 64.5 Å². The van der Waals surface area contributed by atoms with Gasteiger partial charge in [-0.3, -0.25) is 23.6 Å². The van der Waals surface area contributed by atoms with Crippen LogP contribution in [0.15, 0.2) is 69.4 Å². The number of nitrogens with one attached hydrogen (secondary N) is 2. The first-order chi connectivity index (χ1) is 40.7. The summed E-state index contributed by atoms with van der Waals surface area (Å²) in [6.45, 7) is 7.73. The van der Waals surface area contributed by atoms with E-state index in [1.54, 1.807) is 11.3 Å². The molecule has 15 rings (SSSR count). The number of carbonyl (C=O) groups is 3. The summed E-state index contributed by atoms with van der Waals surface area (Å²) < 4.78 is 40.3. The highest BCUT2D eigenvalue weighted by Crippen LogP contribution is 2.62. The van der Waals surface area contributed by atoms with Crippen molar-refractivity contribution in [3.8, 4) is 16.2 Å². The van der Waals surface area contributed by atoms with Crippen molar-refractivity contribution in [1.29, 1.82) is 0 Å². The highest BCUT2D eigenvalue weighted by molar-refractivity contribution is 9.10. The van der Waals surface area contributed by atoms with Gasteiger partial charge in [0.05, 0.1) is 69.0 Å². The molecular formula is C65H78BrFN8O8S. The van der Waals surface area contributed by atoms with Gasteiger partial charge >= 0.3 is 0 Å². The predicted molar refractivity (Wildman–Crippen MR) is 323 cm³/mol. The lowest BCUT2D eigenvalue weighted by Gasteiger charge is -2.59. The number of aliphatic hydroxyl groups is 1. The first-order valence-electron chi connectivity index (χ1n) is 31.2. The van der Waals surface area contributed by atoms with Crippen LogP contribution in [0.4, 0.5) is 4.39 Å². The number of hydrogen-bond acceptors (Lipinski definition) is 12. The lowest BCUT2D eigenvalue weighted by Crippen LogP contribution is -2.64. The van der Waals surface area contributed by atoms with Crippen LogP contribution in [0.5, 0.6) is 5.75 Å². The van der Waals surface area contributed by atoms with Crippen LogP contribution >= 0.6 is 27.3 Å². The van der Waals surface area contributed by atoms with Crippen molar-refractivity contribution in [2.45, 2.75) is 177 Å². The number of aryl methyl sites for hydroxylation is 1. The number of piperidine rings is 1. The van der Waals surface area contributed by atoms with Crippen LogP contribution in [0.25, 0.3) is 38.2 Å². The van der Waals surface area contributed by atoms with E-state index in [0.29, 0.717) is 42.1 Å². The molecule has 9 fully saturated rings. The fourth-order valence-electron chi connectivity index (χ4n) is 16.7. The summed E-state index contributed by atoms with van der Waals surface area (Å²) in [6.07, 6.45) is 13.1. The smallest absolute Gasteiger partial charge is 0.283 e. The molecule has 3 N–H and O–H groups in total. The molecule has 3 aromatic carbocycles. The van der Waals surface area contributed by atoms with Crippen molar-refractivity contribution in [3.63, 3.8) is 0 Å². The summed E-state index contributed by atoms with van der Waals surface area (Å²) in [6, 6.07) is 16.2. The third-order valence-electron chi connectivity index (χ3n) is 20.7. The SMILES string of the molecule is Cc1ncsc1-c1ccc([C@H](CO[C@H](C)CN2CCC(c3cc4c(cc3OC[C@@H]3CCCO3)n3c5cccc(Br)c5c(=O)nc3n4C3CCCC3)CC2)NC(=O)[C@@H]2C[C@@H](O)CN2C(=O)[C@@H](NC(=O)C2(F)CC2)C23CC4CC(CC(C4)C2)C3)cc1. The van der Waals surface area contributed by atoms with E-state index < -0.39 is 53.0 Å². The number of halogens is 2. The summed E-state index contributed by atoms with van der Waals surface area (Å²) >= 11 is 5.24. The number of hydrogen-bond donors (Lipinski definition) is 3. The molecule has 3 saturated heterocycles. The van der Waals surface area contributed by atoms with Crippen molar-refractivity contribution < 1.29 is 38.1 Å². The number of fused-ring (bicyclic) bond motifs is 5. The number of alkyl halides is 1. The molecular weight excluding hydrogens is 1150 g/mol. The molecule has 6 heterocycles. The third kappa shape index (κ3) is 10.7. The van der Waals surface area contributed by atoms with Gasteiger partial charge in [-0.05, 0) is 191 Å². The van der Waals surface area contributed by atoms with Gasteiger partial charge in [0.15, 0.2) is 5.67 Å². The molecule has 0 spiro atoms. The molecule has 4 bridgehead atoms. The lowest BCUT2D eigenvalue weighted by atomic mass is 9.47. The summed E-state index contributed by atoms with van der Waals surface area (Å²) in [5.41, 5.74) is 5.94. The Hall–Kier alpha value is -5.31. The molecule has 19 heteroatoms. The van der Waals surface area contributed by atoms with E-state index in [-0.39, 0.29) is 62.1 Å². The van der Waals surface area contributed by atoms with E-state index in [4.69, 9.17) is 19.2 Å². The van der Waals surface area contributed by atoms with Gasteiger partial charge in [0.1, 0.15) is 24.4 Å². The molecule has 0 radical (unpaired) electrons. The van der Waals surface area contributed by atoms with E-state index in [0.717, 1.165) is 158 Å². The number of likely N-dealkylation sites (tertiary alicyclic amines) is 2. The van der Waals surface area contributed by atoms with Gasteiger partial charge in [-0.2, -0.15) is 4.98 Å². The minimum absolute atomic E-state index is 0.0360. The van der Waals surface area contributed by atoms with Crippen LogP contribution in [-0.4, -0.2) is 134 Å². The quantitative estimate of drug-likeness (QED) is 0.0745. The first-order valence-corrected chi connectivity index (χ1v) is 32.9. The average Bonchev–Trinajstić information content (AvgIpc) is 1.93. The lowest BCUT2D eigenvalue weighted by molar-refractivity contribution is -0.153. The Labute approximate surface area is 501 Å². The van der Waals surface area contributed by atoms with Gasteiger partial charge in [0, 0.05) is 48.1 Å². The Morgan fingerprint density at radius 1 is 0.917 bits per heavy atom. The van der Waals surface area contributed by atoms with Crippen molar-refractivity contribution in [1.82, 2.24) is 39.4 Å². The molecule has 6 aromatic rings. The number of aliphatic hydroxyl groups excluding tert-OH is 1. The minimum Gasteiger partial charge on any atom is -0.491 e. The number of rotatable bonds is 18. The maximum Gasteiger partial charge on any atom is 0.283 e. The largest absolute Gasteiger partial charge is 0.491 e. The van der Waals surface area contributed by atoms with Gasteiger partial charge in [-0.15, -0.1) is 11.3 Å². The fraction of sp³-hybridized carbons (Fsp3) is 0.600. The summed E-state index contributed by atoms with van der Waals surface area (Å²) in [5.74, 6) is 1.59. The van der Waals surface area contributed by atoms with E-state index in [1.807, 2.05) is 54.9 Å². The van der Waals surface area contributed by atoms with E-state index >= 15 is 9.18 Å².